The van der Waals surface area contributed by atoms with Crippen molar-refractivity contribution in [3.63, 3.8) is 0 Å². The topological polar surface area (TPSA) is 27.7 Å². The number of hydrogen-bond acceptors (Lipinski definition) is 3. The van der Waals surface area contributed by atoms with E-state index in [1.54, 1.807) is 7.11 Å². The van der Waals surface area contributed by atoms with E-state index in [0.717, 1.165) is 43.2 Å². The van der Waals surface area contributed by atoms with Gasteiger partial charge < -0.3 is 14.2 Å². The molecule has 1 aromatic carbocycles. The van der Waals surface area contributed by atoms with Crippen LogP contribution in [-0.2, 0) is 4.74 Å². The summed E-state index contributed by atoms with van der Waals surface area (Å²) in [6.07, 6.45) is 2.59. The molecule has 2 fully saturated rings. The first-order chi connectivity index (χ1) is 9.31. The van der Waals surface area contributed by atoms with Crippen LogP contribution in [0.1, 0.15) is 31.2 Å². The van der Waals surface area contributed by atoms with Gasteiger partial charge in [0.1, 0.15) is 0 Å². The van der Waals surface area contributed by atoms with Gasteiger partial charge in [-0.15, -0.1) is 0 Å². The highest BCUT2D eigenvalue weighted by Gasteiger charge is 2.36. The molecule has 1 aliphatic heterocycles. The molecule has 0 aromatic heterocycles. The van der Waals surface area contributed by atoms with Gasteiger partial charge in [-0.3, -0.25) is 0 Å². The average molecular weight is 262 g/mol. The molecule has 0 N–H and O–H groups in total. The lowest BCUT2D eigenvalue weighted by Gasteiger charge is -2.26. The zero-order chi connectivity index (χ0) is 13.2. The quantitative estimate of drug-likeness (QED) is 0.787. The number of rotatable bonds is 6. The number of ether oxygens (including phenoxy) is 3. The Morgan fingerprint density at radius 3 is 2.68 bits per heavy atom. The molecule has 2 atom stereocenters. The zero-order valence-electron chi connectivity index (χ0n) is 11.7. The number of methoxy groups -OCH3 is 1. The van der Waals surface area contributed by atoms with Gasteiger partial charge in [-0.05, 0) is 36.0 Å². The van der Waals surface area contributed by atoms with E-state index in [9.17, 15) is 0 Å². The molecule has 104 valence electrons. The van der Waals surface area contributed by atoms with Crippen molar-refractivity contribution in [1.29, 1.82) is 0 Å². The lowest BCUT2D eigenvalue weighted by molar-refractivity contribution is -0.0511. The van der Waals surface area contributed by atoms with E-state index >= 15 is 0 Å². The summed E-state index contributed by atoms with van der Waals surface area (Å²) in [5.74, 6) is 3.85. The fourth-order valence-corrected chi connectivity index (χ4v) is 2.73. The molecule has 3 rings (SSSR count). The van der Waals surface area contributed by atoms with Crippen LogP contribution in [0.25, 0.3) is 0 Å². The second-order valence-electron chi connectivity index (χ2n) is 5.64. The molecular formula is C16H22O3. The number of benzene rings is 1. The van der Waals surface area contributed by atoms with Crippen molar-refractivity contribution in [1.82, 2.24) is 0 Å². The van der Waals surface area contributed by atoms with E-state index in [0.29, 0.717) is 5.92 Å². The van der Waals surface area contributed by atoms with Crippen molar-refractivity contribution >= 4 is 0 Å². The Morgan fingerprint density at radius 2 is 2.11 bits per heavy atom. The molecule has 0 spiro atoms. The summed E-state index contributed by atoms with van der Waals surface area (Å²) in [4.78, 5) is 0. The summed E-state index contributed by atoms with van der Waals surface area (Å²) in [7, 11) is 1.71. The summed E-state index contributed by atoms with van der Waals surface area (Å²) in [6, 6.07) is 6.39. The van der Waals surface area contributed by atoms with Crippen LogP contribution in [0, 0.1) is 11.8 Å². The third-order valence-corrected chi connectivity index (χ3v) is 4.24. The Hall–Kier alpha value is -1.22. The van der Waals surface area contributed by atoms with Gasteiger partial charge in [0.15, 0.2) is 11.5 Å². The van der Waals surface area contributed by atoms with Crippen molar-refractivity contribution in [2.24, 2.45) is 11.8 Å². The molecule has 0 amide bonds. The summed E-state index contributed by atoms with van der Waals surface area (Å²) in [5.41, 5.74) is 1.39. The van der Waals surface area contributed by atoms with Gasteiger partial charge in [-0.2, -0.15) is 0 Å². The number of hydrogen-bond donors (Lipinski definition) is 0. The van der Waals surface area contributed by atoms with Crippen LogP contribution < -0.4 is 9.47 Å². The van der Waals surface area contributed by atoms with Gasteiger partial charge in [-0.1, -0.05) is 19.4 Å². The predicted molar refractivity (Wildman–Crippen MR) is 73.9 cm³/mol. The predicted octanol–water partition coefficient (Wildman–Crippen LogP) is 3.23. The Morgan fingerprint density at radius 1 is 1.26 bits per heavy atom. The van der Waals surface area contributed by atoms with Crippen LogP contribution in [0.15, 0.2) is 18.2 Å². The van der Waals surface area contributed by atoms with Crippen LogP contribution in [0.5, 0.6) is 11.5 Å². The van der Waals surface area contributed by atoms with Gasteiger partial charge >= 0.3 is 0 Å². The zero-order valence-corrected chi connectivity index (χ0v) is 11.7. The highest BCUT2D eigenvalue weighted by Crippen LogP contribution is 2.50. The van der Waals surface area contributed by atoms with Gasteiger partial charge in [0.05, 0.1) is 26.9 Å². The molecule has 2 aliphatic rings. The molecule has 2 unspecified atom stereocenters. The van der Waals surface area contributed by atoms with Crippen LogP contribution in [-0.4, -0.2) is 26.9 Å². The molecule has 1 saturated carbocycles. The molecular weight excluding hydrogens is 240 g/mol. The van der Waals surface area contributed by atoms with Crippen molar-refractivity contribution < 1.29 is 14.2 Å². The second-order valence-corrected chi connectivity index (χ2v) is 5.64. The monoisotopic (exact) mass is 262 g/mol. The molecule has 0 bridgehead atoms. The maximum absolute atomic E-state index is 5.84. The third-order valence-electron chi connectivity index (χ3n) is 4.24. The largest absolute Gasteiger partial charge is 0.493 e. The molecule has 1 heterocycles. The summed E-state index contributed by atoms with van der Waals surface area (Å²) >= 11 is 0. The average Bonchev–Trinajstić information content (AvgIpc) is 3.16. The molecule has 3 heteroatoms. The van der Waals surface area contributed by atoms with Gasteiger partial charge in [0.25, 0.3) is 0 Å². The van der Waals surface area contributed by atoms with Gasteiger partial charge in [0, 0.05) is 5.92 Å². The summed E-state index contributed by atoms with van der Waals surface area (Å²) in [6.45, 7) is 4.62. The van der Waals surface area contributed by atoms with E-state index < -0.39 is 0 Å². The first-order valence-corrected chi connectivity index (χ1v) is 7.20. The fraction of sp³-hybridized carbons (Fsp3) is 0.625. The Bertz CT molecular complexity index is 440. The Labute approximate surface area is 114 Å². The Kier molecular flexibility index (Phi) is 3.65. The van der Waals surface area contributed by atoms with Crippen molar-refractivity contribution in [3.05, 3.63) is 23.8 Å². The van der Waals surface area contributed by atoms with E-state index in [2.05, 4.69) is 25.1 Å². The van der Waals surface area contributed by atoms with E-state index in [-0.39, 0.29) is 0 Å². The normalized spacial score (nSPS) is 25.8. The van der Waals surface area contributed by atoms with Crippen molar-refractivity contribution in [2.75, 3.05) is 26.9 Å². The first-order valence-electron chi connectivity index (χ1n) is 7.20. The SMILES string of the molecule is CCC1CC1c1ccc(OCC2COC2)c(OC)c1. The standard InChI is InChI=1S/C16H22O3/c1-3-12-6-14(12)13-4-5-15(16(7-13)17-2)19-10-11-8-18-9-11/h4-5,7,11-12,14H,3,6,8-10H2,1-2H3. The smallest absolute Gasteiger partial charge is 0.161 e. The molecule has 0 radical (unpaired) electrons. The minimum atomic E-state index is 0.539. The molecule has 1 aliphatic carbocycles. The summed E-state index contributed by atoms with van der Waals surface area (Å²) in [5, 5.41) is 0. The van der Waals surface area contributed by atoms with Crippen LogP contribution in [0.3, 0.4) is 0 Å². The fourth-order valence-electron chi connectivity index (χ4n) is 2.73. The molecule has 1 aromatic rings. The highest BCUT2D eigenvalue weighted by atomic mass is 16.5. The maximum Gasteiger partial charge on any atom is 0.161 e. The van der Waals surface area contributed by atoms with E-state index in [1.807, 2.05) is 0 Å². The van der Waals surface area contributed by atoms with Crippen LogP contribution in [0.2, 0.25) is 0 Å². The minimum absolute atomic E-state index is 0.539. The Balaban J connectivity index is 1.66. The van der Waals surface area contributed by atoms with Crippen molar-refractivity contribution in [2.45, 2.75) is 25.7 Å². The first kappa shape index (κ1) is 12.8. The minimum Gasteiger partial charge on any atom is -0.493 e. The van der Waals surface area contributed by atoms with Gasteiger partial charge in [0.2, 0.25) is 0 Å². The maximum atomic E-state index is 5.84. The van der Waals surface area contributed by atoms with Crippen molar-refractivity contribution in [3.8, 4) is 11.5 Å². The molecule has 1 saturated heterocycles. The van der Waals surface area contributed by atoms with Crippen LogP contribution >= 0.6 is 0 Å². The van der Waals surface area contributed by atoms with Gasteiger partial charge in [-0.25, -0.2) is 0 Å². The second kappa shape index (κ2) is 5.41. The molecule has 3 nitrogen and oxygen atoms in total. The molecule has 19 heavy (non-hydrogen) atoms. The lowest BCUT2D eigenvalue weighted by atomic mass is 10.1. The lowest BCUT2D eigenvalue weighted by Crippen LogP contribution is -2.32. The van der Waals surface area contributed by atoms with E-state index in [1.165, 1.54) is 18.4 Å². The third kappa shape index (κ3) is 2.71. The van der Waals surface area contributed by atoms with E-state index in [4.69, 9.17) is 14.2 Å². The van der Waals surface area contributed by atoms with Crippen LogP contribution in [0.4, 0.5) is 0 Å². The summed E-state index contributed by atoms with van der Waals surface area (Å²) < 4.78 is 16.4. The highest BCUT2D eigenvalue weighted by molar-refractivity contribution is 5.45.